The zero-order valence-electron chi connectivity index (χ0n) is 16.0. The second-order valence-corrected chi connectivity index (χ2v) is 7.82. The second-order valence-electron chi connectivity index (χ2n) is 6.77. The molecule has 3 nitrogen and oxygen atoms in total. The first-order valence-corrected chi connectivity index (χ1v) is 10.4. The molecule has 0 amide bonds. The van der Waals surface area contributed by atoms with Crippen molar-refractivity contribution in [2.24, 2.45) is 0 Å². The van der Waals surface area contributed by atoms with Crippen LogP contribution in [0.15, 0.2) is 77.7 Å². The van der Waals surface area contributed by atoms with Gasteiger partial charge in [0.15, 0.2) is 0 Å². The molecule has 3 rings (SSSR count). The maximum absolute atomic E-state index is 10.5. The fourth-order valence-electron chi connectivity index (χ4n) is 3.02. The van der Waals surface area contributed by atoms with E-state index in [4.69, 9.17) is 5.11 Å². The lowest BCUT2D eigenvalue weighted by Gasteiger charge is -2.09. The number of benzene rings is 3. The molecule has 0 heterocycles. The van der Waals surface area contributed by atoms with Crippen LogP contribution in [0, 0.1) is 6.92 Å². The molecule has 4 heteroatoms. The lowest BCUT2D eigenvalue weighted by atomic mass is 10.0. The van der Waals surface area contributed by atoms with Crippen molar-refractivity contribution < 1.29 is 9.90 Å². The normalized spacial score (nSPS) is 10.8. The number of carboxylic acid groups (broad SMARTS) is 1. The maximum atomic E-state index is 10.5. The van der Waals surface area contributed by atoms with Gasteiger partial charge in [-0.25, -0.2) is 0 Å². The van der Waals surface area contributed by atoms with Gasteiger partial charge in [-0.05, 0) is 46.9 Å². The summed E-state index contributed by atoms with van der Waals surface area (Å²) in [5.41, 5.74) is 6.28. The maximum Gasteiger partial charge on any atom is 0.304 e. The summed E-state index contributed by atoms with van der Waals surface area (Å²) in [6.07, 6.45) is 0.150. The van der Waals surface area contributed by atoms with Gasteiger partial charge >= 0.3 is 5.97 Å². The third-order valence-electron chi connectivity index (χ3n) is 4.56. The molecule has 0 aliphatic heterocycles. The van der Waals surface area contributed by atoms with Crippen LogP contribution in [0.3, 0.4) is 0 Å². The molecule has 2 N–H and O–H groups in total. The highest BCUT2D eigenvalue weighted by Gasteiger charge is 2.04. The quantitative estimate of drug-likeness (QED) is 0.372. The third-order valence-corrected chi connectivity index (χ3v) is 5.62. The minimum atomic E-state index is -0.771. The van der Waals surface area contributed by atoms with E-state index in [1.165, 1.54) is 32.7 Å². The van der Waals surface area contributed by atoms with Crippen LogP contribution < -0.4 is 5.32 Å². The molecule has 144 valence electrons. The molecule has 0 aromatic heterocycles. The van der Waals surface area contributed by atoms with Crippen molar-refractivity contribution in [3.63, 3.8) is 0 Å². The summed E-state index contributed by atoms with van der Waals surface area (Å²) in [7, 11) is 0. The Morgan fingerprint density at radius 3 is 2.36 bits per heavy atom. The summed E-state index contributed by atoms with van der Waals surface area (Å²) in [5, 5.41) is 11.8. The average molecular weight is 392 g/mol. The van der Waals surface area contributed by atoms with Gasteiger partial charge in [-0.1, -0.05) is 60.7 Å². The topological polar surface area (TPSA) is 49.3 Å². The van der Waals surface area contributed by atoms with Crippen LogP contribution in [-0.2, 0) is 17.1 Å². The van der Waals surface area contributed by atoms with E-state index < -0.39 is 5.97 Å². The Kier molecular flexibility index (Phi) is 7.29. The molecule has 3 aromatic rings. The predicted molar refractivity (Wildman–Crippen MR) is 117 cm³/mol. The fourth-order valence-corrected chi connectivity index (χ4v) is 3.97. The van der Waals surface area contributed by atoms with E-state index in [-0.39, 0.29) is 6.42 Å². The van der Waals surface area contributed by atoms with Crippen molar-refractivity contribution in [2.75, 3.05) is 6.54 Å². The summed E-state index contributed by atoms with van der Waals surface area (Å²) >= 11 is 1.84. The van der Waals surface area contributed by atoms with E-state index >= 15 is 0 Å². The van der Waals surface area contributed by atoms with Gasteiger partial charge in [0.1, 0.15) is 0 Å². The number of aliphatic carboxylic acids is 1. The summed E-state index contributed by atoms with van der Waals surface area (Å²) in [6.45, 7) is 3.35. The van der Waals surface area contributed by atoms with Crippen LogP contribution in [0.5, 0.6) is 0 Å². The Morgan fingerprint density at radius 2 is 1.68 bits per heavy atom. The molecule has 0 saturated heterocycles. The minimum Gasteiger partial charge on any atom is -0.481 e. The number of nitrogens with one attached hydrogen (secondary N) is 1. The van der Waals surface area contributed by atoms with E-state index in [1.54, 1.807) is 0 Å². The van der Waals surface area contributed by atoms with Gasteiger partial charge in [-0.15, -0.1) is 11.8 Å². The van der Waals surface area contributed by atoms with Gasteiger partial charge in [0, 0.05) is 23.7 Å². The molecule has 0 radical (unpaired) electrons. The lowest BCUT2D eigenvalue weighted by Crippen LogP contribution is -2.17. The Balaban J connectivity index is 1.53. The second kappa shape index (κ2) is 10.1. The molecule has 0 spiro atoms. The molecular weight excluding hydrogens is 366 g/mol. The van der Waals surface area contributed by atoms with Crippen LogP contribution in [0.1, 0.15) is 23.1 Å². The highest BCUT2D eigenvalue weighted by molar-refractivity contribution is 7.98. The summed E-state index contributed by atoms with van der Waals surface area (Å²) in [6, 6.07) is 25.6. The lowest BCUT2D eigenvalue weighted by molar-refractivity contribution is -0.136. The molecule has 0 atom stereocenters. The third kappa shape index (κ3) is 5.98. The first-order chi connectivity index (χ1) is 13.6. The van der Waals surface area contributed by atoms with Crippen molar-refractivity contribution >= 4 is 17.7 Å². The van der Waals surface area contributed by atoms with Gasteiger partial charge < -0.3 is 10.4 Å². The van der Waals surface area contributed by atoms with Gasteiger partial charge in [0.25, 0.3) is 0 Å². The summed E-state index contributed by atoms with van der Waals surface area (Å²) in [5.74, 6) is 0.156. The molecule has 28 heavy (non-hydrogen) atoms. The zero-order chi connectivity index (χ0) is 19.8. The van der Waals surface area contributed by atoms with Crippen molar-refractivity contribution in [2.45, 2.75) is 30.5 Å². The molecule has 0 fully saturated rings. The number of carbonyl (C=O) groups is 1. The Bertz CT molecular complexity index is 908. The standard InChI is InChI=1S/C24H25NO2S/c1-18-15-22(11-12-23(18)21-5-3-2-4-6-21)28-17-20-9-7-19(8-10-20)16-25-14-13-24(26)27/h2-12,15,25H,13-14,16-17H2,1H3,(H,26,27). The van der Waals surface area contributed by atoms with E-state index in [1.807, 2.05) is 17.8 Å². The monoisotopic (exact) mass is 391 g/mol. The van der Waals surface area contributed by atoms with Crippen molar-refractivity contribution in [1.29, 1.82) is 0 Å². The van der Waals surface area contributed by atoms with E-state index in [0.717, 1.165) is 5.75 Å². The largest absolute Gasteiger partial charge is 0.481 e. The number of hydrogen-bond acceptors (Lipinski definition) is 3. The van der Waals surface area contributed by atoms with Crippen molar-refractivity contribution in [1.82, 2.24) is 5.32 Å². The zero-order valence-corrected chi connectivity index (χ0v) is 16.8. The number of thioether (sulfide) groups is 1. The van der Waals surface area contributed by atoms with Gasteiger partial charge in [0.2, 0.25) is 0 Å². The van der Waals surface area contributed by atoms with E-state index in [0.29, 0.717) is 13.1 Å². The Hall–Kier alpha value is -2.56. The minimum absolute atomic E-state index is 0.150. The highest BCUT2D eigenvalue weighted by atomic mass is 32.2. The average Bonchev–Trinajstić information content (AvgIpc) is 2.71. The van der Waals surface area contributed by atoms with Gasteiger partial charge in [0.05, 0.1) is 6.42 Å². The molecular formula is C24H25NO2S. The van der Waals surface area contributed by atoms with E-state index in [9.17, 15) is 4.79 Å². The fraction of sp³-hybridized carbons (Fsp3) is 0.208. The van der Waals surface area contributed by atoms with Crippen molar-refractivity contribution in [3.8, 4) is 11.1 Å². The van der Waals surface area contributed by atoms with Crippen LogP contribution in [0.25, 0.3) is 11.1 Å². The molecule has 0 saturated carbocycles. The van der Waals surface area contributed by atoms with Crippen LogP contribution in [0.2, 0.25) is 0 Å². The summed E-state index contributed by atoms with van der Waals surface area (Å²) < 4.78 is 0. The number of carboxylic acids is 1. The van der Waals surface area contributed by atoms with Crippen molar-refractivity contribution in [3.05, 3.63) is 89.5 Å². The Labute approximate surface area is 170 Å². The number of hydrogen-bond donors (Lipinski definition) is 2. The smallest absolute Gasteiger partial charge is 0.304 e. The predicted octanol–water partition coefficient (Wildman–Crippen LogP) is 5.52. The first kappa shape index (κ1) is 20.2. The van der Waals surface area contributed by atoms with Crippen LogP contribution in [0.4, 0.5) is 0 Å². The highest BCUT2D eigenvalue weighted by Crippen LogP contribution is 2.29. The summed E-state index contributed by atoms with van der Waals surface area (Å²) in [4.78, 5) is 11.8. The van der Waals surface area contributed by atoms with E-state index in [2.05, 4.69) is 79.0 Å². The molecule has 0 aliphatic rings. The molecule has 0 aliphatic carbocycles. The van der Waals surface area contributed by atoms with Crippen LogP contribution in [-0.4, -0.2) is 17.6 Å². The molecule has 0 bridgehead atoms. The molecule has 0 unspecified atom stereocenters. The van der Waals surface area contributed by atoms with Gasteiger partial charge in [-0.3, -0.25) is 4.79 Å². The number of aryl methyl sites for hydroxylation is 1. The van der Waals surface area contributed by atoms with Gasteiger partial charge in [-0.2, -0.15) is 0 Å². The molecule has 3 aromatic carbocycles. The SMILES string of the molecule is Cc1cc(SCc2ccc(CNCCC(=O)O)cc2)ccc1-c1ccccc1. The first-order valence-electron chi connectivity index (χ1n) is 9.41. The number of rotatable bonds is 9. The Morgan fingerprint density at radius 1 is 0.964 bits per heavy atom. The van der Waals surface area contributed by atoms with Crippen LogP contribution >= 0.6 is 11.8 Å².